The summed E-state index contributed by atoms with van der Waals surface area (Å²) in [5, 5.41) is 4.09. The van der Waals surface area contributed by atoms with Crippen LogP contribution < -0.4 is 5.32 Å². The van der Waals surface area contributed by atoms with E-state index >= 15 is 0 Å². The standard InChI is InChI=1S/C18H16ClNO/c1-13-16(8-5-9-17(13)19)18-11-10-15(21-18)12-20-14-6-3-2-4-7-14/h2-11,20H,12H2,1H3. The van der Waals surface area contributed by atoms with Gasteiger partial charge in [0.2, 0.25) is 0 Å². The van der Waals surface area contributed by atoms with Gasteiger partial charge in [-0.15, -0.1) is 0 Å². The number of para-hydroxylation sites is 1. The number of anilines is 1. The second-order valence-electron chi connectivity index (χ2n) is 4.90. The van der Waals surface area contributed by atoms with E-state index in [0.29, 0.717) is 6.54 Å². The Labute approximate surface area is 129 Å². The maximum absolute atomic E-state index is 6.16. The van der Waals surface area contributed by atoms with E-state index in [4.69, 9.17) is 16.0 Å². The van der Waals surface area contributed by atoms with Gasteiger partial charge in [0.05, 0.1) is 6.54 Å². The Morgan fingerprint density at radius 2 is 1.76 bits per heavy atom. The predicted octanol–water partition coefficient (Wildman–Crippen LogP) is 5.52. The highest BCUT2D eigenvalue weighted by Gasteiger charge is 2.09. The van der Waals surface area contributed by atoms with Gasteiger partial charge in [0, 0.05) is 16.3 Å². The molecule has 0 radical (unpaired) electrons. The molecule has 0 amide bonds. The van der Waals surface area contributed by atoms with Gasteiger partial charge < -0.3 is 9.73 Å². The first-order valence-electron chi connectivity index (χ1n) is 6.87. The minimum absolute atomic E-state index is 0.656. The molecule has 21 heavy (non-hydrogen) atoms. The summed E-state index contributed by atoms with van der Waals surface area (Å²) >= 11 is 6.16. The third-order valence-corrected chi connectivity index (χ3v) is 3.84. The van der Waals surface area contributed by atoms with E-state index in [0.717, 1.165) is 33.4 Å². The SMILES string of the molecule is Cc1c(Cl)cccc1-c1ccc(CNc2ccccc2)o1. The molecular weight excluding hydrogens is 282 g/mol. The molecule has 106 valence electrons. The molecular formula is C18H16ClNO. The Balaban J connectivity index is 1.76. The van der Waals surface area contributed by atoms with Crippen LogP contribution in [0.4, 0.5) is 5.69 Å². The lowest BCUT2D eigenvalue weighted by atomic mass is 10.1. The zero-order chi connectivity index (χ0) is 14.7. The van der Waals surface area contributed by atoms with E-state index in [1.165, 1.54) is 0 Å². The van der Waals surface area contributed by atoms with Crippen molar-refractivity contribution in [2.24, 2.45) is 0 Å². The molecule has 1 aromatic heterocycles. The van der Waals surface area contributed by atoms with Gasteiger partial charge in [-0.25, -0.2) is 0 Å². The van der Waals surface area contributed by atoms with Crippen LogP contribution in [0, 0.1) is 6.92 Å². The molecule has 0 saturated heterocycles. The lowest BCUT2D eigenvalue weighted by Crippen LogP contribution is -1.97. The summed E-state index contributed by atoms with van der Waals surface area (Å²) in [6.45, 7) is 2.66. The first kappa shape index (κ1) is 13.8. The van der Waals surface area contributed by atoms with Crippen molar-refractivity contribution in [3.8, 4) is 11.3 Å². The van der Waals surface area contributed by atoms with E-state index in [1.54, 1.807) is 0 Å². The van der Waals surface area contributed by atoms with Crippen molar-refractivity contribution in [1.29, 1.82) is 0 Å². The highest BCUT2D eigenvalue weighted by molar-refractivity contribution is 6.31. The molecule has 0 spiro atoms. The summed E-state index contributed by atoms with van der Waals surface area (Å²) in [5.74, 6) is 1.74. The Hall–Kier alpha value is -2.19. The van der Waals surface area contributed by atoms with Crippen molar-refractivity contribution in [1.82, 2.24) is 0 Å². The molecule has 3 rings (SSSR count). The van der Waals surface area contributed by atoms with Gasteiger partial charge in [0.1, 0.15) is 11.5 Å². The van der Waals surface area contributed by atoms with Gasteiger partial charge in [-0.3, -0.25) is 0 Å². The third-order valence-electron chi connectivity index (χ3n) is 3.44. The fourth-order valence-electron chi connectivity index (χ4n) is 2.24. The number of benzene rings is 2. The molecule has 0 aliphatic carbocycles. The molecule has 0 fully saturated rings. The van der Waals surface area contributed by atoms with Crippen LogP contribution in [-0.4, -0.2) is 0 Å². The van der Waals surface area contributed by atoms with E-state index in [-0.39, 0.29) is 0 Å². The smallest absolute Gasteiger partial charge is 0.134 e. The first-order valence-corrected chi connectivity index (χ1v) is 7.25. The van der Waals surface area contributed by atoms with Gasteiger partial charge in [-0.05, 0) is 42.8 Å². The largest absolute Gasteiger partial charge is 0.459 e. The van der Waals surface area contributed by atoms with Crippen LogP contribution in [0.5, 0.6) is 0 Å². The van der Waals surface area contributed by atoms with Gasteiger partial charge >= 0.3 is 0 Å². The van der Waals surface area contributed by atoms with Crippen LogP contribution >= 0.6 is 11.6 Å². The maximum Gasteiger partial charge on any atom is 0.134 e. The average Bonchev–Trinajstić information content (AvgIpc) is 2.98. The minimum Gasteiger partial charge on any atom is -0.459 e. The number of rotatable bonds is 4. The zero-order valence-corrected chi connectivity index (χ0v) is 12.5. The highest BCUT2D eigenvalue weighted by Crippen LogP contribution is 2.29. The molecule has 0 aliphatic rings. The Bertz CT molecular complexity index is 734. The Morgan fingerprint density at radius 1 is 0.952 bits per heavy atom. The van der Waals surface area contributed by atoms with Crippen LogP contribution in [-0.2, 0) is 6.54 Å². The predicted molar refractivity (Wildman–Crippen MR) is 87.7 cm³/mol. The lowest BCUT2D eigenvalue weighted by molar-refractivity contribution is 0.531. The van der Waals surface area contributed by atoms with Crippen molar-refractivity contribution < 1.29 is 4.42 Å². The monoisotopic (exact) mass is 297 g/mol. The Kier molecular flexibility index (Phi) is 3.98. The first-order chi connectivity index (χ1) is 10.2. The third kappa shape index (κ3) is 3.11. The van der Waals surface area contributed by atoms with E-state index in [9.17, 15) is 0 Å². The van der Waals surface area contributed by atoms with E-state index in [1.807, 2.05) is 67.6 Å². The number of halogens is 1. The fraction of sp³-hybridized carbons (Fsp3) is 0.111. The summed E-state index contributed by atoms with van der Waals surface area (Å²) in [4.78, 5) is 0. The van der Waals surface area contributed by atoms with Crippen molar-refractivity contribution in [2.45, 2.75) is 13.5 Å². The topological polar surface area (TPSA) is 25.2 Å². The van der Waals surface area contributed by atoms with Crippen molar-refractivity contribution >= 4 is 17.3 Å². The quantitative estimate of drug-likeness (QED) is 0.686. The van der Waals surface area contributed by atoms with Crippen molar-refractivity contribution in [3.63, 3.8) is 0 Å². The molecule has 2 aromatic carbocycles. The number of hydrogen-bond donors (Lipinski definition) is 1. The molecule has 3 heteroatoms. The highest BCUT2D eigenvalue weighted by atomic mass is 35.5. The summed E-state index contributed by atoms with van der Waals surface area (Å²) in [5.41, 5.74) is 3.15. The fourth-order valence-corrected chi connectivity index (χ4v) is 2.41. The van der Waals surface area contributed by atoms with Gasteiger partial charge in [0.25, 0.3) is 0 Å². The lowest BCUT2D eigenvalue weighted by Gasteiger charge is -2.05. The number of hydrogen-bond acceptors (Lipinski definition) is 2. The van der Waals surface area contributed by atoms with Crippen LogP contribution in [0.1, 0.15) is 11.3 Å². The van der Waals surface area contributed by atoms with Crippen molar-refractivity contribution in [2.75, 3.05) is 5.32 Å². The molecule has 0 unspecified atom stereocenters. The van der Waals surface area contributed by atoms with Crippen LogP contribution in [0.2, 0.25) is 5.02 Å². The summed E-state index contributed by atoms with van der Waals surface area (Å²) in [7, 11) is 0. The number of nitrogens with one attached hydrogen (secondary N) is 1. The molecule has 2 nitrogen and oxygen atoms in total. The normalized spacial score (nSPS) is 10.6. The van der Waals surface area contributed by atoms with Gasteiger partial charge in [-0.2, -0.15) is 0 Å². The van der Waals surface area contributed by atoms with Gasteiger partial charge in [-0.1, -0.05) is 41.9 Å². The number of furan rings is 1. The zero-order valence-electron chi connectivity index (χ0n) is 11.8. The summed E-state index contributed by atoms with van der Waals surface area (Å²) in [6.07, 6.45) is 0. The van der Waals surface area contributed by atoms with Crippen LogP contribution in [0.15, 0.2) is 65.1 Å². The molecule has 1 heterocycles. The average molecular weight is 298 g/mol. The Morgan fingerprint density at radius 3 is 2.57 bits per heavy atom. The van der Waals surface area contributed by atoms with Crippen LogP contribution in [0.3, 0.4) is 0 Å². The van der Waals surface area contributed by atoms with E-state index in [2.05, 4.69) is 5.32 Å². The minimum atomic E-state index is 0.656. The second kappa shape index (κ2) is 6.06. The van der Waals surface area contributed by atoms with Crippen LogP contribution in [0.25, 0.3) is 11.3 Å². The summed E-state index contributed by atoms with van der Waals surface area (Å²) in [6, 6.07) is 19.9. The molecule has 0 atom stereocenters. The molecule has 1 N–H and O–H groups in total. The summed E-state index contributed by atoms with van der Waals surface area (Å²) < 4.78 is 5.91. The van der Waals surface area contributed by atoms with Gasteiger partial charge in [0.15, 0.2) is 0 Å². The van der Waals surface area contributed by atoms with Crippen molar-refractivity contribution in [3.05, 3.63) is 77.0 Å². The second-order valence-corrected chi connectivity index (χ2v) is 5.31. The molecule has 0 bridgehead atoms. The van der Waals surface area contributed by atoms with E-state index < -0.39 is 0 Å². The molecule has 0 saturated carbocycles. The molecule has 3 aromatic rings. The maximum atomic E-state index is 6.16. The molecule has 0 aliphatic heterocycles.